The zero-order valence-electron chi connectivity index (χ0n) is 12.0. The second-order valence-electron chi connectivity index (χ2n) is 5.19. The molecular weight excluding hydrogens is 278 g/mol. The van der Waals surface area contributed by atoms with Gasteiger partial charge in [0.1, 0.15) is 11.6 Å². The van der Waals surface area contributed by atoms with E-state index in [1.54, 1.807) is 0 Å². The number of nitrogens with one attached hydrogen (secondary N) is 1. The van der Waals surface area contributed by atoms with E-state index in [1.807, 2.05) is 18.8 Å². The molecule has 0 radical (unpaired) electrons. The van der Waals surface area contributed by atoms with Gasteiger partial charge in [0, 0.05) is 29.7 Å². The molecule has 1 saturated heterocycles. The van der Waals surface area contributed by atoms with Crippen LogP contribution in [0.5, 0.6) is 0 Å². The third-order valence-corrected chi connectivity index (χ3v) is 4.80. The molecule has 5 heteroatoms. The zero-order chi connectivity index (χ0) is 14.5. The Kier molecular flexibility index (Phi) is 5.81. The van der Waals surface area contributed by atoms with Gasteiger partial charge in [-0.25, -0.2) is 8.78 Å². The SMILES string of the molecule is CCCNC(c1c(F)cccc1F)C1CSCCN1C. The van der Waals surface area contributed by atoms with Gasteiger partial charge in [0.2, 0.25) is 0 Å². The molecule has 1 aromatic carbocycles. The van der Waals surface area contributed by atoms with E-state index in [4.69, 9.17) is 0 Å². The van der Waals surface area contributed by atoms with Crippen LogP contribution < -0.4 is 5.32 Å². The molecule has 1 aromatic rings. The predicted octanol–water partition coefficient (Wildman–Crippen LogP) is 3.05. The van der Waals surface area contributed by atoms with Crippen LogP contribution >= 0.6 is 11.8 Å². The smallest absolute Gasteiger partial charge is 0.130 e. The van der Waals surface area contributed by atoms with Crippen LogP contribution in [-0.2, 0) is 0 Å². The Morgan fingerprint density at radius 1 is 1.40 bits per heavy atom. The highest BCUT2D eigenvalue weighted by Crippen LogP contribution is 2.30. The third kappa shape index (κ3) is 3.51. The fourth-order valence-electron chi connectivity index (χ4n) is 2.59. The molecule has 2 unspecified atom stereocenters. The molecule has 1 heterocycles. The summed E-state index contributed by atoms with van der Waals surface area (Å²) < 4.78 is 28.2. The summed E-state index contributed by atoms with van der Waals surface area (Å²) in [6.07, 6.45) is 0.941. The van der Waals surface area contributed by atoms with Gasteiger partial charge in [0.25, 0.3) is 0 Å². The number of halogens is 2. The van der Waals surface area contributed by atoms with E-state index in [-0.39, 0.29) is 17.6 Å². The number of benzene rings is 1. The lowest BCUT2D eigenvalue weighted by Gasteiger charge is -2.38. The summed E-state index contributed by atoms with van der Waals surface area (Å²) in [5.41, 5.74) is 0.181. The minimum atomic E-state index is -0.456. The molecular formula is C15H22F2N2S. The first-order chi connectivity index (χ1) is 9.65. The van der Waals surface area contributed by atoms with Crippen LogP contribution in [-0.4, -0.2) is 42.6 Å². The molecule has 0 amide bonds. The van der Waals surface area contributed by atoms with Gasteiger partial charge in [0.05, 0.1) is 6.04 Å². The van der Waals surface area contributed by atoms with Crippen molar-refractivity contribution in [3.8, 4) is 0 Å². The Balaban J connectivity index is 2.31. The lowest BCUT2D eigenvalue weighted by Crippen LogP contribution is -2.48. The summed E-state index contributed by atoms with van der Waals surface area (Å²) in [6.45, 7) is 3.77. The van der Waals surface area contributed by atoms with Crippen molar-refractivity contribution < 1.29 is 8.78 Å². The minimum absolute atomic E-state index is 0.117. The molecule has 2 atom stereocenters. The van der Waals surface area contributed by atoms with E-state index in [2.05, 4.69) is 17.1 Å². The lowest BCUT2D eigenvalue weighted by molar-refractivity contribution is 0.210. The van der Waals surface area contributed by atoms with Crippen LogP contribution in [0.1, 0.15) is 24.9 Å². The summed E-state index contributed by atoms with van der Waals surface area (Å²) in [6, 6.07) is 3.93. The van der Waals surface area contributed by atoms with Gasteiger partial charge in [0.15, 0.2) is 0 Å². The summed E-state index contributed by atoms with van der Waals surface area (Å²) in [4.78, 5) is 2.20. The normalized spacial score (nSPS) is 21.9. The molecule has 112 valence electrons. The summed E-state index contributed by atoms with van der Waals surface area (Å²) in [5.74, 6) is 1.06. The maximum Gasteiger partial charge on any atom is 0.130 e. The molecule has 1 fully saturated rings. The van der Waals surface area contributed by atoms with Crippen LogP contribution in [0, 0.1) is 11.6 Å². The highest BCUT2D eigenvalue weighted by molar-refractivity contribution is 7.99. The Morgan fingerprint density at radius 2 is 2.10 bits per heavy atom. The van der Waals surface area contributed by atoms with E-state index >= 15 is 0 Å². The van der Waals surface area contributed by atoms with Crippen molar-refractivity contribution in [2.24, 2.45) is 0 Å². The maximum absolute atomic E-state index is 14.1. The fraction of sp³-hybridized carbons (Fsp3) is 0.600. The van der Waals surface area contributed by atoms with Crippen molar-refractivity contribution in [1.82, 2.24) is 10.2 Å². The van der Waals surface area contributed by atoms with Crippen molar-refractivity contribution in [3.63, 3.8) is 0 Å². The molecule has 0 bridgehead atoms. The number of likely N-dealkylation sites (N-methyl/N-ethyl adjacent to an activating group) is 1. The highest BCUT2D eigenvalue weighted by Gasteiger charge is 2.32. The number of thioether (sulfide) groups is 1. The molecule has 0 saturated carbocycles. The molecule has 1 aliphatic rings. The van der Waals surface area contributed by atoms with Gasteiger partial charge in [-0.05, 0) is 32.1 Å². The molecule has 0 aliphatic carbocycles. The summed E-state index contributed by atoms with van der Waals surface area (Å²) in [7, 11) is 2.03. The molecule has 0 aromatic heterocycles. The van der Waals surface area contributed by atoms with Crippen molar-refractivity contribution >= 4 is 11.8 Å². The van der Waals surface area contributed by atoms with Crippen LogP contribution in [0.4, 0.5) is 8.78 Å². The summed E-state index contributed by atoms with van der Waals surface area (Å²) >= 11 is 1.85. The Bertz CT molecular complexity index is 422. The molecule has 20 heavy (non-hydrogen) atoms. The molecule has 0 spiro atoms. The van der Waals surface area contributed by atoms with E-state index in [0.717, 1.165) is 31.0 Å². The van der Waals surface area contributed by atoms with E-state index < -0.39 is 11.6 Å². The first-order valence-corrected chi connectivity index (χ1v) is 8.26. The van der Waals surface area contributed by atoms with Crippen LogP contribution in [0.2, 0.25) is 0 Å². The molecule has 2 nitrogen and oxygen atoms in total. The monoisotopic (exact) mass is 300 g/mol. The van der Waals surface area contributed by atoms with E-state index in [1.165, 1.54) is 18.2 Å². The van der Waals surface area contributed by atoms with Gasteiger partial charge < -0.3 is 5.32 Å². The van der Waals surface area contributed by atoms with Crippen LogP contribution in [0.25, 0.3) is 0 Å². The first-order valence-electron chi connectivity index (χ1n) is 7.10. The van der Waals surface area contributed by atoms with Gasteiger partial charge in [-0.1, -0.05) is 13.0 Å². The highest BCUT2D eigenvalue weighted by atomic mass is 32.2. The number of rotatable bonds is 5. The van der Waals surface area contributed by atoms with Crippen LogP contribution in [0.3, 0.4) is 0 Å². The minimum Gasteiger partial charge on any atom is -0.308 e. The molecule has 1 N–H and O–H groups in total. The number of nitrogens with zero attached hydrogens (tertiary/aromatic N) is 1. The predicted molar refractivity (Wildman–Crippen MR) is 81.1 cm³/mol. The first kappa shape index (κ1) is 15.7. The van der Waals surface area contributed by atoms with Crippen molar-refractivity contribution in [3.05, 3.63) is 35.4 Å². The summed E-state index contributed by atoms with van der Waals surface area (Å²) in [5, 5.41) is 3.33. The third-order valence-electron chi connectivity index (χ3n) is 3.75. The van der Waals surface area contributed by atoms with E-state index in [0.29, 0.717) is 0 Å². The molecule has 1 aliphatic heterocycles. The van der Waals surface area contributed by atoms with Gasteiger partial charge in [-0.15, -0.1) is 0 Å². The van der Waals surface area contributed by atoms with Crippen molar-refractivity contribution in [2.45, 2.75) is 25.4 Å². The largest absolute Gasteiger partial charge is 0.308 e. The maximum atomic E-state index is 14.1. The van der Waals surface area contributed by atoms with Crippen molar-refractivity contribution in [2.75, 3.05) is 31.6 Å². The van der Waals surface area contributed by atoms with Gasteiger partial charge in [-0.3, -0.25) is 4.90 Å². The fourth-order valence-corrected chi connectivity index (χ4v) is 3.87. The quantitative estimate of drug-likeness (QED) is 0.900. The number of hydrogen-bond donors (Lipinski definition) is 1. The zero-order valence-corrected chi connectivity index (χ0v) is 12.9. The average Bonchev–Trinajstić information content (AvgIpc) is 2.43. The van der Waals surface area contributed by atoms with Crippen molar-refractivity contribution in [1.29, 1.82) is 0 Å². The Morgan fingerprint density at radius 3 is 2.70 bits per heavy atom. The Hall–Kier alpha value is -0.650. The molecule has 2 rings (SSSR count). The lowest BCUT2D eigenvalue weighted by atomic mass is 9.97. The standard InChI is InChI=1S/C15H22F2N2S/c1-3-7-18-15(13-10-20-9-8-19(13)2)14-11(16)5-4-6-12(14)17/h4-6,13,15,18H,3,7-10H2,1-2H3. The van der Waals surface area contributed by atoms with Gasteiger partial charge >= 0.3 is 0 Å². The number of hydrogen-bond acceptors (Lipinski definition) is 3. The van der Waals surface area contributed by atoms with Gasteiger partial charge in [-0.2, -0.15) is 11.8 Å². The topological polar surface area (TPSA) is 15.3 Å². The van der Waals surface area contributed by atoms with E-state index in [9.17, 15) is 8.78 Å². The second-order valence-corrected chi connectivity index (χ2v) is 6.34. The average molecular weight is 300 g/mol. The Labute approximate surface area is 123 Å². The van der Waals surface area contributed by atoms with Crippen LogP contribution in [0.15, 0.2) is 18.2 Å². The second kappa shape index (κ2) is 7.38.